The average molecular weight is 212 g/mol. The number of benzene rings is 1. The van der Waals surface area contributed by atoms with Crippen molar-refractivity contribution >= 4 is 0 Å². The second-order valence-corrected chi connectivity index (χ2v) is 2.90. The summed E-state index contributed by atoms with van der Waals surface area (Å²) in [4.78, 5) is 3.71. The summed E-state index contributed by atoms with van der Waals surface area (Å²) in [5.41, 5.74) is 0.343. The van der Waals surface area contributed by atoms with Crippen LogP contribution in [-0.4, -0.2) is 4.98 Å². The van der Waals surface area contributed by atoms with Crippen LogP contribution >= 0.6 is 0 Å². The van der Waals surface area contributed by atoms with E-state index in [1.807, 2.05) is 0 Å². The summed E-state index contributed by atoms with van der Waals surface area (Å²) in [6, 6.07) is 4.69. The minimum atomic E-state index is -4.31. The molecule has 15 heavy (non-hydrogen) atoms. The van der Waals surface area contributed by atoms with Crippen LogP contribution in [0.1, 0.15) is 5.56 Å². The van der Waals surface area contributed by atoms with Crippen LogP contribution in [0.15, 0.2) is 34.9 Å². The maximum atomic E-state index is 12.2. The first-order valence-electron chi connectivity index (χ1n) is 4.06. The third kappa shape index (κ3) is 2.01. The van der Waals surface area contributed by atoms with Crippen LogP contribution in [0.2, 0.25) is 0 Å². The van der Waals surface area contributed by atoms with Crippen LogP contribution in [0.4, 0.5) is 13.2 Å². The van der Waals surface area contributed by atoms with Gasteiger partial charge in [0.15, 0.2) is 0 Å². The number of oxazole rings is 1. The first-order valence-corrected chi connectivity index (χ1v) is 4.06. The normalized spacial score (nSPS) is 11.7. The highest BCUT2D eigenvalue weighted by Crippen LogP contribution is 2.30. The molecule has 0 bridgehead atoms. The predicted octanol–water partition coefficient (Wildman–Crippen LogP) is 3.16. The summed E-state index contributed by atoms with van der Waals surface area (Å²) in [5.74, 6) is 0. The molecule has 0 fully saturated rings. The van der Waals surface area contributed by atoms with Crippen molar-refractivity contribution in [3.63, 3.8) is 0 Å². The molecular formula is C10H5F3NO. The van der Waals surface area contributed by atoms with Gasteiger partial charge < -0.3 is 4.42 Å². The molecule has 0 spiro atoms. The van der Waals surface area contributed by atoms with E-state index in [2.05, 4.69) is 15.8 Å². The topological polar surface area (TPSA) is 26.0 Å². The van der Waals surface area contributed by atoms with E-state index in [0.717, 1.165) is 12.1 Å². The lowest BCUT2D eigenvalue weighted by atomic mass is 10.1. The van der Waals surface area contributed by atoms with Gasteiger partial charge in [-0.15, -0.1) is 0 Å². The van der Waals surface area contributed by atoms with Gasteiger partial charge in [0.1, 0.15) is 12.0 Å². The Balaban J connectivity index is 2.33. The third-order valence-corrected chi connectivity index (χ3v) is 1.90. The summed E-state index contributed by atoms with van der Waals surface area (Å²) in [5, 5.41) is 0. The van der Waals surface area contributed by atoms with Crippen molar-refractivity contribution in [2.75, 3.05) is 0 Å². The molecule has 1 heterocycles. The molecule has 77 valence electrons. The van der Waals surface area contributed by atoms with Crippen molar-refractivity contribution in [2.45, 2.75) is 6.18 Å². The Morgan fingerprint density at radius 2 is 1.80 bits per heavy atom. The quantitative estimate of drug-likeness (QED) is 0.725. The maximum Gasteiger partial charge on any atom is 0.416 e. The minimum Gasteiger partial charge on any atom is -0.440 e. The molecule has 0 N–H and O–H groups in total. The van der Waals surface area contributed by atoms with Crippen LogP contribution in [0.3, 0.4) is 0 Å². The number of halogens is 3. The van der Waals surface area contributed by atoms with E-state index in [4.69, 9.17) is 0 Å². The largest absolute Gasteiger partial charge is 0.440 e. The van der Waals surface area contributed by atoms with Gasteiger partial charge in [0.2, 0.25) is 0 Å². The lowest BCUT2D eigenvalue weighted by molar-refractivity contribution is -0.137. The lowest BCUT2D eigenvalue weighted by Gasteiger charge is -2.06. The highest BCUT2D eigenvalue weighted by molar-refractivity contribution is 5.57. The zero-order valence-corrected chi connectivity index (χ0v) is 7.38. The molecule has 0 aliphatic heterocycles. The first kappa shape index (κ1) is 9.76. The first-order chi connectivity index (χ1) is 7.07. The van der Waals surface area contributed by atoms with Crippen molar-refractivity contribution < 1.29 is 17.6 Å². The lowest BCUT2D eigenvalue weighted by Crippen LogP contribution is -2.03. The predicted molar refractivity (Wildman–Crippen MR) is 45.8 cm³/mol. The van der Waals surface area contributed by atoms with E-state index in [1.165, 1.54) is 18.4 Å². The number of alkyl halides is 3. The summed E-state index contributed by atoms with van der Waals surface area (Å²) < 4.78 is 41.3. The standard InChI is InChI=1S/C10H5F3NO/c11-10(12,13)8-3-1-7(2-4-8)9-5-15-6-14-9/h1-5H. The van der Waals surface area contributed by atoms with Crippen LogP contribution in [0.5, 0.6) is 0 Å². The highest BCUT2D eigenvalue weighted by atomic mass is 19.4. The number of hydrogen-bond donors (Lipinski definition) is 0. The van der Waals surface area contributed by atoms with Crippen molar-refractivity contribution in [1.82, 2.24) is 4.98 Å². The Morgan fingerprint density at radius 1 is 1.13 bits per heavy atom. The molecule has 2 rings (SSSR count). The zero-order chi connectivity index (χ0) is 10.9. The number of nitrogens with zero attached hydrogens (tertiary/aromatic N) is 1. The van der Waals surface area contributed by atoms with E-state index < -0.39 is 11.7 Å². The Labute approximate surface area is 83.4 Å². The Morgan fingerprint density at radius 3 is 2.27 bits per heavy atom. The summed E-state index contributed by atoms with van der Waals surface area (Å²) in [6.07, 6.45) is -0.763. The monoisotopic (exact) mass is 212 g/mol. The van der Waals surface area contributed by atoms with E-state index >= 15 is 0 Å². The second-order valence-electron chi connectivity index (χ2n) is 2.90. The fourth-order valence-corrected chi connectivity index (χ4v) is 1.15. The fourth-order valence-electron chi connectivity index (χ4n) is 1.15. The molecule has 0 unspecified atom stereocenters. The second kappa shape index (κ2) is 3.42. The van der Waals surface area contributed by atoms with E-state index in [9.17, 15) is 13.2 Å². The van der Waals surface area contributed by atoms with Gasteiger partial charge in [-0.25, -0.2) is 4.98 Å². The molecule has 0 aliphatic carbocycles. The molecule has 5 heteroatoms. The Bertz CT molecular complexity index is 431. The van der Waals surface area contributed by atoms with Crippen LogP contribution in [0, 0.1) is 6.39 Å². The van der Waals surface area contributed by atoms with Crippen LogP contribution in [-0.2, 0) is 6.18 Å². The van der Waals surface area contributed by atoms with Crippen molar-refractivity contribution in [3.05, 3.63) is 42.5 Å². The van der Waals surface area contributed by atoms with E-state index in [-0.39, 0.29) is 0 Å². The molecule has 1 radical (unpaired) electrons. The van der Waals surface area contributed by atoms with Gasteiger partial charge in [0.25, 0.3) is 6.39 Å². The van der Waals surface area contributed by atoms with Gasteiger partial charge in [0.05, 0.1) is 5.56 Å². The molecule has 2 nitrogen and oxygen atoms in total. The van der Waals surface area contributed by atoms with Crippen LogP contribution < -0.4 is 0 Å². The molecule has 0 atom stereocenters. The average Bonchev–Trinajstić information content (AvgIpc) is 2.69. The Kier molecular flexibility index (Phi) is 2.22. The van der Waals surface area contributed by atoms with Gasteiger partial charge in [-0.1, -0.05) is 12.1 Å². The summed E-state index contributed by atoms with van der Waals surface area (Å²) in [6.45, 7) is 0. The van der Waals surface area contributed by atoms with E-state index in [1.54, 1.807) is 0 Å². The van der Waals surface area contributed by atoms with Crippen molar-refractivity contribution in [2.24, 2.45) is 0 Å². The van der Waals surface area contributed by atoms with Gasteiger partial charge in [-0.05, 0) is 12.1 Å². The minimum absolute atomic E-state index is 0.462. The van der Waals surface area contributed by atoms with Gasteiger partial charge in [-0.2, -0.15) is 13.2 Å². The van der Waals surface area contributed by atoms with Crippen LogP contribution in [0.25, 0.3) is 11.3 Å². The number of hydrogen-bond acceptors (Lipinski definition) is 2. The summed E-state index contributed by atoms with van der Waals surface area (Å²) in [7, 11) is 0. The molecule has 0 saturated carbocycles. The zero-order valence-electron chi connectivity index (χ0n) is 7.38. The van der Waals surface area contributed by atoms with Crippen molar-refractivity contribution in [1.29, 1.82) is 0 Å². The van der Waals surface area contributed by atoms with Gasteiger partial charge in [0, 0.05) is 5.56 Å². The van der Waals surface area contributed by atoms with E-state index in [0.29, 0.717) is 11.3 Å². The summed E-state index contributed by atoms with van der Waals surface area (Å²) >= 11 is 0. The molecule has 0 aliphatic rings. The fraction of sp³-hybridized carbons (Fsp3) is 0.100. The molecular weight excluding hydrogens is 207 g/mol. The molecule has 0 amide bonds. The molecule has 1 aromatic heterocycles. The Hall–Kier alpha value is -1.78. The van der Waals surface area contributed by atoms with Gasteiger partial charge >= 0.3 is 6.18 Å². The SMILES string of the molecule is FC(F)(F)c1ccc(-c2co[c]n2)cc1. The maximum absolute atomic E-state index is 12.2. The molecule has 0 saturated heterocycles. The highest BCUT2D eigenvalue weighted by Gasteiger charge is 2.29. The van der Waals surface area contributed by atoms with Gasteiger partial charge in [-0.3, -0.25) is 0 Å². The van der Waals surface area contributed by atoms with Crippen molar-refractivity contribution in [3.8, 4) is 11.3 Å². The molecule has 2 aromatic rings. The third-order valence-electron chi connectivity index (χ3n) is 1.90. The smallest absolute Gasteiger partial charge is 0.416 e. The number of rotatable bonds is 1. The molecule has 1 aromatic carbocycles. The number of aromatic nitrogens is 1.